The third-order valence-electron chi connectivity index (χ3n) is 2.65. The quantitative estimate of drug-likeness (QED) is 0.936. The monoisotopic (exact) mass is 285 g/mol. The molecule has 2 aromatic heterocycles. The minimum Gasteiger partial charge on any atom is -0.367 e. The Morgan fingerprint density at radius 1 is 1.35 bits per heavy atom. The standard InChI is InChI=1S/C12H14F3N5/c1-8(5-10-7-20(2)19-18-10)17-11-4-3-9(6-16-11)12(13,14)15/h3-4,6-8H,5H2,1-2H3,(H,16,17)/t8-/m1/s1. The van der Waals surface area contributed by atoms with E-state index in [2.05, 4.69) is 20.6 Å². The molecule has 0 aliphatic rings. The molecular formula is C12H14F3N5. The van der Waals surface area contributed by atoms with Crippen LogP contribution in [0.2, 0.25) is 0 Å². The lowest BCUT2D eigenvalue weighted by Gasteiger charge is -2.13. The van der Waals surface area contributed by atoms with Gasteiger partial charge in [-0.05, 0) is 19.1 Å². The van der Waals surface area contributed by atoms with Gasteiger partial charge in [0.25, 0.3) is 0 Å². The van der Waals surface area contributed by atoms with Crippen LogP contribution in [-0.4, -0.2) is 26.0 Å². The molecule has 108 valence electrons. The molecule has 0 spiro atoms. The number of nitrogens with zero attached hydrogens (tertiary/aromatic N) is 4. The maximum absolute atomic E-state index is 12.4. The Bertz CT molecular complexity index is 561. The van der Waals surface area contributed by atoms with E-state index in [0.29, 0.717) is 12.2 Å². The minimum atomic E-state index is -4.36. The summed E-state index contributed by atoms with van der Waals surface area (Å²) in [6.45, 7) is 1.90. The second-order valence-electron chi connectivity index (χ2n) is 4.56. The van der Waals surface area contributed by atoms with Crippen molar-refractivity contribution in [1.82, 2.24) is 20.0 Å². The maximum Gasteiger partial charge on any atom is 0.417 e. The molecule has 0 unspecified atom stereocenters. The summed E-state index contributed by atoms with van der Waals surface area (Å²) in [5.41, 5.74) is 0.0454. The van der Waals surface area contributed by atoms with Gasteiger partial charge in [0.2, 0.25) is 0 Å². The van der Waals surface area contributed by atoms with E-state index >= 15 is 0 Å². The molecule has 0 amide bonds. The average molecular weight is 285 g/mol. The average Bonchev–Trinajstić information content (AvgIpc) is 2.74. The second-order valence-corrected chi connectivity index (χ2v) is 4.56. The molecule has 20 heavy (non-hydrogen) atoms. The zero-order chi connectivity index (χ0) is 14.8. The summed E-state index contributed by atoms with van der Waals surface area (Å²) in [7, 11) is 1.77. The lowest BCUT2D eigenvalue weighted by molar-refractivity contribution is -0.137. The predicted octanol–water partition coefficient (Wildman–Crippen LogP) is 2.27. The smallest absolute Gasteiger partial charge is 0.367 e. The van der Waals surface area contributed by atoms with E-state index in [1.807, 2.05) is 6.92 Å². The summed E-state index contributed by atoms with van der Waals surface area (Å²) in [6, 6.07) is 2.30. The van der Waals surface area contributed by atoms with E-state index < -0.39 is 11.7 Å². The highest BCUT2D eigenvalue weighted by Crippen LogP contribution is 2.28. The Labute approximate surface area is 113 Å². The van der Waals surface area contributed by atoms with Gasteiger partial charge in [0.05, 0.1) is 11.3 Å². The highest BCUT2D eigenvalue weighted by atomic mass is 19.4. The molecule has 2 rings (SSSR count). The molecule has 0 aliphatic heterocycles. The summed E-state index contributed by atoms with van der Waals surface area (Å²) in [5, 5.41) is 10.8. The van der Waals surface area contributed by atoms with Crippen molar-refractivity contribution in [3.8, 4) is 0 Å². The number of alkyl halides is 3. The van der Waals surface area contributed by atoms with Gasteiger partial charge >= 0.3 is 6.18 Å². The van der Waals surface area contributed by atoms with Crippen molar-refractivity contribution >= 4 is 5.82 Å². The van der Waals surface area contributed by atoms with Gasteiger partial charge in [-0.3, -0.25) is 4.68 Å². The number of aryl methyl sites for hydroxylation is 1. The van der Waals surface area contributed by atoms with E-state index in [-0.39, 0.29) is 6.04 Å². The van der Waals surface area contributed by atoms with Crippen molar-refractivity contribution in [2.45, 2.75) is 25.6 Å². The topological polar surface area (TPSA) is 55.6 Å². The first-order valence-electron chi connectivity index (χ1n) is 5.99. The van der Waals surface area contributed by atoms with Gasteiger partial charge in [0, 0.05) is 31.9 Å². The number of hydrogen-bond acceptors (Lipinski definition) is 4. The van der Waals surface area contributed by atoms with E-state index in [4.69, 9.17) is 0 Å². The fourth-order valence-electron chi connectivity index (χ4n) is 1.75. The molecule has 0 saturated heterocycles. The fourth-order valence-corrected chi connectivity index (χ4v) is 1.75. The van der Waals surface area contributed by atoms with Crippen molar-refractivity contribution in [2.75, 3.05) is 5.32 Å². The maximum atomic E-state index is 12.4. The van der Waals surface area contributed by atoms with Gasteiger partial charge in [-0.1, -0.05) is 5.21 Å². The van der Waals surface area contributed by atoms with Crippen LogP contribution in [0.15, 0.2) is 24.5 Å². The predicted molar refractivity (Wildman–Crippen MR) is 67.0 cm³/mol. The summed E-state index contributed by atoms with van der Waals surface area (Å²) in [4.78, 5) is 3.76. The minimum absolute atomic E-state index is 0.0177. The molecule has 1 N–H and O–H groups in total. The Kier molecular flexibility index (Phi) is 3.91. The van der Waals surface area contributed by atoms with Crippen LogP contribution in [0.5, 0.6) is 0 Å². The van der Waals surface area contributed by atoms with Gasteiger partial charge in [-0.15, -0.1) is 5.10 Å². The van der Waals surface area contributed by atoms with Gasteiger partial charge in [0.15, 0.2) is 0 Å². The number of hydrogen-bond donors (Lipinski definition) is 1. The van der Waals surface area contributed by atoms with Crippen LogP contribution < -0.4 is 5.32 Å². The molecule has 1 atom stereocenters. The van der Waals surface area contributed by atoms with E-state index in [0.717, 1.165) is 18.0 Å². The second kappa shape index (κ2) is 5.48. The van der Waals surface area contributed by atoms with Crippen LogP contribution in [0.25, 0.3) is 0 Å². The summed E-state index contributed by atoms with van der Waals surface area (Å²) in [6.07, 6.45) is -1.15. The van der Waals surface area contributed by atoms with Crippen LogP contribution in [0.3, 0.4) is 0 Å². The lowest BCUT2D eigenvalue weighted by Crippen LogP contribution is -2.19. The Morgan fingerprint density at radius 2 is 2.10 bits per heavy atom. The summed E-state index contributed by atoms with van der Waals surface area (Å²) in [5.74, 6) is 0.398. The number of pyridine rings is 1. The van der Waals surface area contributed by atoms with E-state index in [9.17, 15) is 13.2 Å². The molecule has 2 aromatic rings. The zero-order valence-corrected chi connectivity index (χ0v) is 11.0. The van der Waals surface area contributed by atoms with Crippen molar-refractivity contribution in [1.29, 1.82) is 0 Å². The Hall–Kier alpha value is -2.12. The van der Waals surface area contributed by atoms with Gasteiger partial charge in [0.1, 0.15) is 5.82 Å². The third-order valence-corrected chi connectivity index (χ3v) is 2.65. The molecule has 0 aliphatic carbocycles. The number of anilines is 1. The number of nitrogens with one attached hydrogen (secondary N) is 1. The first kappa shape index (κ1) is 14.3. The van der Waals surface area contributed by atoms with Crippen LogP contribution in [0.4, 0.5) is 19.0 Å². The van der Waals surface area contributed by atoms with Crippen molar-refractivity contribution < 1.29 is 13.2 Å². The zero-order valence-electron chi connectivity index (χ0n) is 11.0. The molecule has 8 heteroatoms. The first-order chi connectivity index (χ1) is 9.34. The van der Waals surface area contributed by atoms with Crippen LogP contribution in [0, 0.1) is 0 Å². The molecule has 2 heterocycles. The van der Waals surface area contributed by atoms with E-state index in [1.54, 1.807) is 17.9 Å². The molecule has 0 fully saturated rings. The highest BCUT2D eigenvalue weighted by molar-refractivity contribution is 5.37. The third kappa shape index (κ3) is 3.69. The largest absolute Gasteiger partial charge is 0.417 e. The van der Waals surface area contributed by atoms with Crippen LogP contribution in [0.1, 0.15) is 18.2 Å². The number of halogens is 3. The van der Waals surface area contributed by atoms with Gasteiger partial charge in [-0.2, -0.15) is 13.2 Å². The molecule has 0 saturated carbocycles. The summed E-state index contributed by atoms with van der Waals surface area (Å²) < 4.78 is 38.8. The van der Waals surface area contributed by atoms with Gasteiger partial charge < -0.3 is 5.32 Å². The SMILES string of the molecule is C[C@H](Cc1cn(C)nn1)Nc1ccc(C(F)(F)F)cn1. The highest BCUT2D eigenvalue weighted by Gasteiger charge is 2.30. The number of aromatic nitrogens is 4. The lowest BCUT2D eigenvalue weighted by atomic mass is 10.2. The van der Waals surface area contributed by atoms with Crippen LogP contribution in [-0.2, 0) is 19.6 Å². The van der Waals surface area contributed by atoms with Gasteiger partial charge in [-0.25, -0.2) is 4.98 Å². The Balaban J connectivity index is 1.96. The van der Waals surface area contributed by atoms with Crippen molar-refractivity contribution in [3.63, 3.8) is 0 Å². The van der Waals surface area contributed by atoms with Crippen molar-refractivity contribution in [3.05, 3.63) is 35.8 Å². The molecule has 0 radical (unpaired) electrons. The van der Waals surface area contributed by atoms with E-state index in [1.165, 1.54) is 6.07 Å². The first-order valence-corrected chi connectivity index (χ1v) is 5.99. The molecule has 0 aromatic carbocycles. The molecule has 5 nitrogen and oxygen atoms in total. The number of rotatable bonds is 4. The normalized spacial score (nSPS) is 13.2. The fraction of sp³-hybridized carbons (Fsp3) is 0.417. The summed E-state index contributed by atoms with van der Waals surface area (Å²) >= 11 is 0. The molecular weight excluding hydrogens is 271 g/mol. The van der Waals surface area contributed by atoms with Crippen LogP contribution >= 0.6 is 0 Å². The molecule has 0 bridgehead atoms. The van der Waals surface area contributed by atoms with Crippen molar-refractivity contribution in [2.24, 2.45) is 7.05 Å². The Morgan fingerprint density at radius 3 is 2.60 bits per heavy atom.